The molecule has 206 valence electrons. The molecule has 6 nitrogen and oxygen atoms in total. The molecule has 0 aliphatic rings. The minimum absolute atomic E-state index is 0.0163. The van der Waals surface area contributed by atoms with Gasteiger partial charge < -0.3 is 10.1 Å². The van der Waals surface area contributed by atoms with E-state index in [1.165, 1.54) is 19.3 Å². The highest BCUT2D eigenvalue weighted by atomic mass is 32.2. The lowest BCUT2D eigenvalue weighted by Gasteiger charge is -2.33. The van der Waals surface area contributed by atoms with E-state index in [-0.39, 0.29) is 21.5 Å². The number of anilines is 1. The number of sulfonamides is 1. The first kappa shape index (κ1) is 30.7. The Balaban J connectivity index is 2.28. The highest BCUT2D eigenvalue weighted by Gasteiger charge is 2.30. The number of hydrogen-bond acceptors (Lipinski definition) is 4. The minimum Gasteiger partial charge on any atom is -0.492 e. The standard InChI is InChI=1S/C30H46N2O4S/c1-8-9-10-11-12-13-19-36-26-18-17-24(30(6,7)22-29(3,4)5)21-27(26)37(34,35)32-28(33)31-25-16-14-15-23(2)20-25/h14-18,20-21H,8-13,19,22H2,1-7H3,(H2,31,32,33). The molecule has 37 heavy (non-hydrogen) atoms. The predicted molar refractivity (Wildman–Crippen MR) is 153 cm³/mol. The Bertz CT molecular complexity index is 1130. The normalized spacial score (nSPS) is 12.3. The maximum Gasteiger partial charge on any atom is 0.333 e. The number of carbonyl (C=O) groups is 1. The van der Waals surface area contributed by atoms with Crippen LogP contribution in [-0.2, 0) is 15.4 Å². The molecule has 2 rings (SSSR count). The zero-order valence-electron chi connectivity index (χ0n) is 23.7. The van der Waals surface area contributed by atoms with Gasteiger partial charge in [0.1, 0.15) is 10.6 Å². The van der Waals surface area contributed by atoms with Gasteiger partial charge in [-0.3, -0.25) is 0 Å². The Labute approximate surface area is 224 Å². The number of nitrogens with one attached hydrogen (secondary N) is 2. The third-order valence-corrected chi connectivity index (χ3v) is 7.60. The van der Waals surface area contributed by atoms with Crippen LogP contribution in [0, 0.1) is 12.3 Å². The van der Waals surface area contributed by atoms with Crippen LogP contribution in [-0.4, -0.2) is 21.1 Å². The van der Waals surface area contributed by atoms with Gasteiger partial charge in [0.2, 0.25) is 0 Å². The Kier molecular flexibility index (Phi) is 11.0. The number of urea groups is 1. The first-order chi connectivity index (χ1) is 17.2. The smallest absolute Gasteiger partial charge is 0.333 e. The van der Waals surface area contributed by atoms with Crippen molar-refractivity contribution in [1.82, 2.24) is 4.72 Å². The van der Waals surface area contributed by atoms with Crippen molar-refractivity contribution in [2.45, 2.75) is 104 Å². The van der Waals surface area contributed by atoms with E-state index in [1.54, 1.807) is 30.3 Å². The molecule has 2 aromatic rings. The summed E-state index contributed by atoms with van der Waals surface area (Å²) in [6, 6.07) is 11.7. The number of unbranched alkanes of at least 4 members (excludes halogenated alkanes) is 5. The van der Waals surface area contributed by atoms with Gasteiger partial charge >= 0.3 is 6.03 Å². The maximum atomic E-state index is 13.4. The van der Waals surface area contributed by atoms with E-state index in [1.807, 2.05) is 19.1 Å². The summed E-state index contributed by atoms with van der Waals surface area (Å²) in [5.41, 5.74) is 2.15. The van der Waals surface area contributed by atoms with E-state index >= 15 is 0 Å². The molecule has 0 saturated heterocycles. The molecule has 2 aromatic carbocycles. The monoisotopic (exact) mass is 530 g/mol. The second kappa shape index (κ2) is 13.3. The minimum atomic E-state index is -4.19. The third-order valence-electron chi connectivity index (χ3n) is 6.25. The van der Waals surface area contributed by atoms with E-state index in [0.717, 1.165) is 36.8 Å². The number of ether oxygens (including phenoxy) is 1. The fourth-order valence-corrected chi connectivity index (χ4v) is 5.89. The summed E-state index contributed by atoms with van der Waals surface area (Å²) in [6.07, 6.45) is 7.51. The van der Waals surface area contributed by atoms with E-state index in [9.17, 15) is 13.2 Å². The molecule has 0 aromatic heterocycles. The number of amides is 2. The third kappa shape index (κ3) is 10.4. The number of aryl methyl sites for hydroxylation is 1. The lowest BCUT2D eigenvalue weighted by molar-refractivity contribution is 0.256. The van der Waals surface area contributed by atoms with Gasteiger partial charge in [0.25, 0.3) is 10.0 Å². The quantitative estimate of drug-likeness (QED) is 0.257. The summed E-state index contributed by atoms with van der Waals surface area (Å²) < 4.78 is 35.0. The second-order valence-corrected chi connectivity index (χ2v) is 13.5. The van der Waals surface area contributed by atoms with Crippen LogP contribution in [0.25, 0.3) is 0 Å². The zero-order valence-corrected chi connectivity index (χ0v) is 24.6. The molecule has 0 spiro atoms. The van der Waals surface area contributed by atoms with Crippen LogP contribution < -0.4 is 14.8 Å². The van der Waals surface area contributed by atoms with Crippen molar-refractivity contribution in [3.63, 3.8) is 0 Å². The van der Waals surface area contributed by atoms with Crippen molar-refractivity contribution in [3.8, 4) is 5.75 Å². The van der Waals surface area contributed by atoms with Crippen molar-refractivity contribution in [3.05, 3.63) is 53.6 Å². The largest absolute Gasteiger partial charge is 0.492 e. The summed E-state index contributed by atoms with van der Waals surface area (Å²) >= 11 is 0. The van der Waals surface area contributed by atoms with E-state index in [0.29, 0.717) is 12.3 Å². The van der Waals surface area contributed by atoms with Gasteiger partial charge in [0.05, 0.1) is 6.61 Å². The van der Waals surface area contributed by atoms with Crippen LogP contribution in [0.3, 0.4) is 0 Å². The van der Waals surface area contributed by atoms with Crippen LogP contribution in [0.5, 0.6) is 5.75 Å². The zero-order chi connectivity index (χ0) is 27.7. The molecule has 0 bridgehead atoms. The van der Waals surface area contributed by atoms with Crippen LogP contribution in [0.4, 0.5) is 10.5 Å². The molecule has 0 aliphatic carbocycles. The predicted octanol–water partition coefficient (Wildman–Crippen LogP) is 7.96. The van der Waals surface area contributed by atoms with Crippen LogP contribution >= 0.6 is 0 Å². The van der Waals surface area contributed by atoms with Crippen molar-refractivity contribution in [1.29, 1.82) is 0 Å². The molecule has 2 N–H and O–H groups in total. The van der Waals surface area contributed by atoms with Crippen molar-refractivity contribution >= 4 is 21.7 Å². The first-order valence-electron chi connectivity index (χ1n) is 13.4. The SMILES string of the molecule is CCCCCCCCOc1ccc(C(C)(C)CC(C)(C)C)cc1S(=O)(=O)NC(=O)Nc1cccc(C)c1. The molecule has 0 saturated carbocycles. The van der Waals surface area contributed by atoms with Gasteiger partial charge in [0, 0.05) is 5.69 Å². The van der Waals surface area contributed by atoms with Crippen molar-refractivity contribution < 1.29 is 17.9 Å². The van der Waals surface area contributed by atoms with Crippen molar-refractivity contribution in [2.24, 2.45) is 5.41 Å². The van der Waals surface area contributed by atoms with Gasteiger partial charge in [-0.25, -0.2) is 17.9 Å². The number of hydrogen-bond donors (Lipinski definition) is 2. The molecule has 7 heteroatoms. The fraction of sp³-hybridized carbons (Fsp3) is 0.567. The Morgan fingerprint density at radius 3 is 2.24 bits per heavy atom. The molecule has 0 fully saturated rings. The summed E-state index contributed by atoms with van der Waals surface area (Å²) in [5, 5.41) is 2.61. The average Bonchev–Trinajstić information content (AvgIpc) is 2.76. The summed E-state index contributed by atoms with van der Waals surface area (Å²) in [5.74, 6) is 0.264. The molecular weight excluding hydrogens is 484 g/mol. The Morgan fingerprint density at radius 2 is 1.59 bits per heavy atom. The average molecular weight is 531 g/mol. The van der Waals surface area contributed by atoms with Gasteiger partial charge in [-0.1, -0.05) is 91.8 Å². The Morgan fingerprint density at radius 1 is 0.919 bits per heavy atom. The van der Waals surface area contributed by atoms with Crippen LogP contribution in [0.15, 0.2) is 47.4 Å². The second-order valence-electron chi connectivity index (χ2n) is 11.8. The first-order valence-corrected chi connectivity index (χ1v) is 14.9. The van der Waals surface area contributed by atoms with E-state index < -0.39 is 16.1 Å². The lowest BCUT2D eigenvalue weighted by Crippen LogP contribution is -2.35. The van der Waals surface area contributed by atoms with Gasteiger partial charge in [0.15, 0.2) is 0 Å². The molecule has 0 heterocycles. The number of carbonyl (C=O) groups excluding carboxylic acids is 1. The van der Waals surface area contributed by atoms with Gasteiger partial charge in [-0.2, -0.15) is 0 Å². The van der Waals surface area contributed by atoms with E-state index in [4.69, 9.17) is 4.74 Å². The number of benzene rings is 2. The lowest BCUT2D eigenvalue weighted by atomic mass is 9.72. The van der Waals surface area contributed by atoms with Crippen LogP contribution in [0.2, 0.25) is 0 Å². The summed E-state index contributed by atoms with van der Waals surface area (Å²) in [4.78, 5) is 12.6. The highest BCUT2D eigenvalue weighted by molar-refractivity contribution is 7.90. The molecule has 0 unspecified atom stereocenters. The molecule has 2 amide bonds. The molecule has 0 aliphatic heterocycles. The maximum absolute atomic E-state index is 13.4. The summed E-state index contributed by atoms with van der Waals surface area (Å²) in [7, 11) is -4.19. The van der Waals surface area contributed by atoms with Gasteiger partial charge in [-0.05, 0) is 66.0 Å². The number of rotatable bonds is 13. The van der Waals surface area contributed by atoms with Crippen LogP contribution in [0.1, 0.15) is 97.6 Å². The highest BCUT2D eigenvalue weighted by Crippen LogP contribution is 2.38. The van der Waals surface area contributed by atoms with Gasteiger partial charge in [-0.15, -0.1) is 0 Å². The fourth-order valence-electron chi connectivity index (χ4n) is 4.81. The molecular formula is C30H46N2O4S. The summed E-state index contributed by atoms with van der Waals surface area (Å²) in [6.45, 7) is 15.2. The topological polar surface area (TPSA) is 84.5 Å². The molecule has 0 atom stereocenters. The van der Waals surface area contributed by atoms with Crippen molar-refractivity contribution in [2.75, 3.05) is 11.9 Å². The Hall–Kier alpha value is -2.54. The molecule has 0 radical (unpaired) electrons. The van der Waals surface area contributed by atoms with E-state index in [2.05, 4.69) is 51.6 Å².